The summed E-state index contributed by atoms with van der Waals surface area (Å²) in [4.78, 5) is 0. The maximum Gasteiger partial charge on any atom is 0.166 e. The minimum absolute atomic E-state index is 0.666. The molecule has 0 amide bonds. The average Bonchev–Trinajstić information content (AvgIpc) is 2.45. The molecule has 0 saturated heterocycles. The van der Waals surface area contributed by atoms with Crippen LogP contribution < -0.4 is 15.4 Å². The second-order valence-corrected chi connectivity index (χ2v) is 4.42. The van der Waals surface area contributed by atoms with E-state index in [-0.39, 0.29) is 0 Å². The van der Waals surface area contributed by atoms with Gasteiger partial charge < -0.3 is 20.1 Å². The Labute approximate surface area is 120 Å². The molecule has 0 aliphatic rings. The third kappa shape index (κ3) is 6.98. The van der Waals surface area contributed by atoms with Crippen molar-refractivity contribution in [3.05, 3.63) is 29.8 Å². The van der Waals surface area contributed by atoms with Crippen LogP contribution in [0, 0.1) is 0 Å². The van der Waals surface area contributed by atoms with E-state index in [1.165, 1.54) is 0 Å². The number of nitrogens with one attached hydrogen (secondary N) is 2. The Morgan fingerprint density at radius 3 is 2.89 bits per heavy atom. The molecule has 0 atom stereocenters. The Balaban J connectivity index is 2.18. The second-order valence-electron chi connectivity index (χ2n) is 4.01. The van der Waals surface area contributed by atoms with E-state index >= 15 is 0 Å². The molecule has 0 saturated carbocycles. The fourth-order valence-corrected chi connectivity index (χ4v) is 1.72. The van der Waals surface area contributed by atoms with Crippen LogP contribution in [0.15, 0.2) is 24.3 Å². The SMILES string of the molecule is CCOCCCNC(=S)NCc1cccc(OC)c1. The Morgan fingerprint density at radius 1 is 1.32 bits per heavy atom. The first-order chi connectivity index (χ1) is 9.26. The maximum atomic E-state index is 5.25. The zero-order valence-corrected chi connectivity index (χ0v) is 12.4. The van der Waals surface area contributed by atoms with E-state index in [1.54, 1.807) is 7.11 Å². The predicted octanol–water partition coefficient (Wildman–Crippen LogP) is 2.09. The lowest BCUT2D eigenvalue weighted by Crippen LogP contribution is -2.35. The van der Waals surface area contributed by atoms with Gasteiger partial charge in [0, 0.05) is 26.3 Å². The van der Waals surface area contributed by atoms with Gasteiger partial charge in [0.1, 0.15) is 5.75 Å². The molecular weight excluding hydrogens is 260 g/mol. The summed E-state index contributed by atoms with van der Waals surface area (Å²) in [7, 11) is 1.66. The van der Waals surface area contributed by atoms with Crippen molar-refractivity contribution in [3.8, 4) is 5.75 Å². The molecule has 0 unspecified atom stereocenters. The third-order valence-corrected chi connectivity index (χ3v) is 2.83. The molecule has 5 heteroatoms. The highest BCUT2D eigenvalue weighted by Crippen LogP contribution is 2.11. The molecule has 0 heterocycles. The molecule has 0 radical (unpaired) electrons. The van der Waals surface area contributed by atoms with E-state index in [2.05, 4.69) is 10.6 Å². The Hall–Kier alpha value is -1.33. The Morgan fingerprint density at radius 2 is 2.16 bits per heavy atom. The number of benzene rings is 1. The van der Waals surface area contributed by atoms with Gasteiger partial charge in [-0.1, -0.05) is 12.1 Å². The van der Waals surface area contributed by atoms with Crippen LogP contribution in [0.5, 0.6) is 5.75 Å². The topological polar surface area (TPSA) is 42.5 Å². The summed E-state index contributed by atoms with van der Waals surface area (Å²) in [5.41, 5.74) is 1.14. The lowest BCUT2D eigenvalue weighted by molar-refractivity contribution is 0.145. The van der Waals surface area contributed by atoms with Gasteiger partial charge in [0.15, 0.2) is 5.11 Å². The van der Waals surface area contributed by atoms with Crippen LogP contribution in [0.1, 0.15) is 18.9 Å². The van der Waals surface area contributed by atoms with Gasteiger partial charge in [-0.15, -0.1) is 0 Å². The Kier molecular flexibility index (Phi) is 7.93. The van der Waals surface area contributed by atoms with Crippen molar-refractivity contribution in [1.82, 2.24) is 10.6 Å². The van der Waals surface area contributed by atoms with Crippen molar-refractivity contribution < 1.29 is 9.47 Å². The highest BCUT2D eigenvalue weighted by molar-refractivity contribution is 7.80. The molecule has 0 spiro atoms. The van der Waals surface area contributed by atoms with E-state index < -0.39 is 0 Å². The van der Waals surface area contributed by atoms with E-state index in [4.69, 9.17) is 21.7 Å². The van der Waals surface area contributed by atoms with Crippen LogP contribution >= 0.6 is 12.2 Å². The fourth-order valence-electron chi connectivity index (χ4n) is 1.55. The molecule has 0 aromatic heterocycles. The minimum atomic E-state index is 0.666. The standard InChI is InChI=1S/C14H22N2O2S/c1-3-18-9-5-8-15-14(19)16-11-12-6-4-7-13(10-12)17-2/h4,6-7,10H,3,5,8-9,11H2,1-2H3,(H2,15,16,19). The molecule has 1 aromatic carbocycles. The van der Waals surface area contributed by atoms with Gasteiger partial charge in [0.05, 0.1) is 7.11 Å². The first-order valence-electron chi connectivity index (χ1n) is 6.48. The van der Waals surface area contributed by atoms with Crippen LogP contribution in [0.4, 0.5) is 0 Å². The highest BCUT2D eigenvalue weighted by atomic mass is 32.1. The summed E-state index contributed by atoms with van der Waals surface area (Å²) in [5.74, 6) is 0.856. The molecule has 0 bridgehead atoms. The van der Waals surface area contributed by atoms with Crippen molar-refractivity contribution in [2.45, 2.75) is 19.9 Å². The van der Waals surface area contributed by atoms with Crippen molar-refractivity contribution >= 4 is 17.3 Å². The van der Waals surface area contributed by atoms with E-state index in [1.807, 2.05) is 31.2 Å². The summed E-state index contributed by atoms with van der Waals surface area (Å²) in [6.45, 7) is 5.03. The van der Waals surface area contributed by atoms with Crippen LogP contribution in [0.2, 0.25) is 0 Å². The largest absolute Gasteiger partial charge is 0.497 e. The lowest BCUT2D eigenvalue weighted by atomic mass is 10.2. The van der Waals surface area contributed by atoms with Crippen molar-refractivity contribution in [2.75, 3.05) is 26.9 Å². The molecule has 19 heavy (non-hydrogen) atoms. The third-order valence-electron chi connectivity index (χ3n) is 2.54. The molecule has 106 valence electrons. The smallest absolute Gasteiger partial charge is 0.166 e. The van der Waals surface area contributed by atoms with Crippen LogP contribution in [0.3, 0.4) is 0 Å². The zero-order valence-electron chi connectivity index (χ0n) is 11.6. The molecule has 0 aliphatic carbocycles. The summed E-state index contributed by atoms with van der Waals surface area (Å²) in [6.07, 6.45) is 0.953. The van der Waals surface area contributed by atoms with Gasteiger partial charge in [0.25, 0.3) is 0 Å². The number of methoxy groups -OCH3 is 1. The first-order valence-corrected chi connectivity index (χ1v) is 6.89. The number of hydrogen-bond donors (Lipinski definition) is 2. The maximum absolute atomic E-state index is 5.25. The van der Waals surface area contributed by atoms with Crippen LogP contribution in [-0.4, -0.2) is 32.0 Å². The van der Waals surface area contributed by atoms with Gasteiger partial charge in [0.2, 0.25) is 0 Å². The van der Waals surface area contributed by atoms with Crippen LogP contribution in [-0.2, 0) is 11.3 Å². The van der Waals surface area contributed by atoms with Crippen molar-refractivity contribution in [1.29, 1.82) is 0 Å². The van der Waals surface area contributed by atoms with Gasteiger partial charge in [-0.05, 0) is 43.3 Å². The molecular formula is C14H22N2O2S. The number of thiocarbonyl (C=S) groups is 1. The van der Waals surface area contributed by atoms with Gasteiger partial charge in [-0.2, -0.15) is 0 Å². The lowest BCUT2D eigenvalue weighted by Gasteiger charge is -2.11. The van der Waals surface area contributed by atoms with Crippen LogP contribution in [0.25, 0.3) is 0 Å². The number of ether oxygens (including phenoxy) is 2. The van der Waals surface area contributed by atoms with E-state index in [9.17, 15) is 0 Å². The van der Waals surface area contributed by atoms with Gasteiger partial charge in [-0.25, -0.2) is 0 Å². The summed E-state index contributed by atoms with van der Waals surface area (Å²) in [5, 5.41) is 6.98. The fraction of sp³-hybridized carbons (Fsp3) is 0.500. The number of hydrogen-bond acceptors (Lipinski definition) is 3. The normalized spacial score (nSPS) is 10.0. The highest BCUT2D eigenvalue weighted by Gasteiger charge is 1.98. The second kappa shape index (κ2) is 9.58. The number of rotatable bonds is 8. The quantitative estimate of drug-likeness (QED) is 0.564. The van der Waals surface area contributed by atoms with Crippen molar-refractivity contribution in [2.24, 2.45) is 0 Å². The van der Waals surface area contributed by atoms with Crippen molar-refractivity contribution in [3.63, 3.8) is 0 Å². The molecule has 2 N–H and O–H groups in total. The zero-order chi connectivity index (χ0) is 13.9. The summed E-state index contributed by atoms with van der Waals surface area (Å²) < 4.78 is 10.4. The minimum Gasteiger partial charge on any atom is -0.497 e. The van der Waals surface area contributed by atoms with Gasteiger partial charge >= 0.3 is 0 Å². The molecule has 0 fully saturated rings. The van der Waals surface area contributed by atoms with E-state index in [0.29, 0.717) is 11.7 Å². The Bertz CT molecular complexity index is 385. The summed E-state index contributed by atoms with van der Waals surface area (Å²) in [6, 6.07) is 7.92. The molecule has 1 rings (SSSR count). The molecule has 4 nitrogen and oxygen atoms in total. The molecule has 1 aromatic rings. The average molecular weight is 282 g/mol. The monoisotopic (exact) mass is 282 g/mol. The predicted molar refractivity (Wildman–Crippen MR) is 81.5 cm³/mol. The molecule has 0 aliphatic heterocycles. The summed E-state index contributed by atoms with van der Waals surface area (Å²) >= 11 is 5.20. The van der Waals surface area contributed by atoms with E-state index in [0.717, 1.165) is 37.5 Å². The van der Waals surface area contributed by atoms with Gasteiger partial charge in [-0.3, -0.25) is 0 Å². The first kappa shape index (κ1) is 15.7.